The molecule has 1 amide bonds. The van der Waals surface area contributed by atoms with Gasteiger partial charge in [-0.15, -0.1) is 11.6 Å². The van der Waals surface area contributed by atoms with Crippen molar-refractivity contribution < 1.29 is 4.79 Å². The molecule has 1 saturated carbocycles. The summed E-state index contributed by atoms with van der Waals surface area (Å²) in [6, 6.07) is 0.306. The Morgan fingerprint density at radius 1 is 1.18 bits per heavy atom. The molecule has 126 valence electrons. The third-order valence-corrected chi connectivity index (χ3v) is 5.86. The topological polar surface area (TPSA) is 56.4 Å². The molecule has 1 aliphatic carbocycles. The van der Waals surface area contributed by atoms with E-state index < -0.39 is 0 Å². The molecule has 2 aliphatic heterocycles. The molecule has 4 atom stereocenters. The van der Waals surface area contributed by atoms with Gasteiger partial charge in [-0.1, -0.05) is 12.8 Å². The number of alkyl halides is 1. The van der Waals surface area contributed by atoms with Crippen LogP contribution in [0.2, 0.25) is 0 Å². The van der Waals surface area contributed by atoms with Gasteiger partial charge in [0.15, 0.2) is 0 Å². The second kappa shape index (κ2) is 7.95. The van der Waals surface area contributed by atoms with Crippen LogP contribution in [0.25, 0.3) is 0 Å². The van der Waals surface area contributed by atoms with E-state index in [2.05, 4.69) is 21.1 Å². The van der Waals surface area contributed by atoms with Crippen LogP contribution in [0, 0.1) is 11.8 Å². The number of rotatable bonds is 4. The number of carbonyl (C=O) groups excluding carboxylic acids is 1. The van der Waals surface area contributed by atoms with Gasteiger partial charge in [-0.2, -0.15) is 0 Å². The van der Waals surface area contributed by atoms with Gasteiger partial charge in [-0.25, -0.2) is 5.01 Å². The smallest absolute Gasteiger partial charge is 0.226 e. The molecule has 0 aromatic carbocycles. The summed E-state index contributed by atoms with van der Waals surface area (Å²) in [6.45, 7) is 4.53. The third kappa shape index (κ3) is 4.34. The molecule has 6 heteroatoms. The van der Waals surface area contributed by atoms with Crippen molar-refractivity contribution in [3.05, 3.63) is 0 Å². The maximum Gasteiger partial charge on any atom is 0.226 e. The van der Waals surface area contributed by atoms with Crippen LogP contribution in [0.4, 0.5) is 0 Å². The second-order valence-corrected chi connectivity index (χ2v) is 7.64. The highest BCUT2D eigenvalue weighted by Gasteiger charge is 2.32. The number of carbonyl (C=O) groups is 1. The van der Waals surface area contributed by atoms with Crippen LogP contribution in [-0.4, -0.2) is 55.1 Å². The minimum atomic E-state index is 0.0688. The number of hydrazine groups is 1. The summed E-state index contributed by atoms with van der Waals surface area (Å²) in [7, 11) is 0. The fourth-order valence-corrected chi connectivity index (χ4v) is 4.25. The Morgan fingerprint density at radius 3 is 2.82 bits per heavy atom. The predicted molar refractivity (Wildman–Crippen MR) is 88.7 cm³/mol. The minimum Gasteiger partial charge on any atom is -0.352 e. The largest absolute Gasteiger partial charge is 0.352 e. The first-order valence-corrected chi connectivity index (χ1v) is 9.29. The molecule has 3 rings (SSSR count). The van der Waals surface area contributed by atoms with Crippen LogP contribution in [0.1, 0.15) is 38.5 Å². The molecular formula is C16H29ClN4O. The highest BCUT2D eigenvalue weighted by atomic mass is 35.5. The van der Waals surface area contributed by atoms with E-state index >= 15 is 0 Å². The number of halogens is 1. The minimum absolute atomic E-state index is 0.0688. The lowest BCUT2D eigenvalue weighted by Gasteiger charge is -2.30. The van der Waals surface area contributed by atoms with E-state index in [0.29, 0.717) is 17.3 Å². The lowest BCUT2D eigenvalue weighted by atomic mass is 9.88. The number of hydrogen-bond donors (Lipinski definition) is 3. The van der Waals surface area contributed by atoms with Gasteiger partial charge < -0.3 is 10.6 Å². The average molecular weight is 329 g/mol. The van der Waals surface area contributed by atoms with Crippen LogP contribution in [-0.2, 0) is 4.79 Å². The number of amides is 1. The van der Waals surface area contributed by atoms with Gasteiger partial charge >= 0.3 is 0 Å². The predicted octanol–water partition coefficient (Wildman–Crippen LogP) is 1.09. The van der Waals surface area contributed by atoms with Crippen molar-refractivity contribution in [2.24, 2.45) is 11.8 Å². The monoisotopic (exact) mass is 328 g/mol. The van der Waals surface area contributed by atoms with Crippen LogP contribution >= 0.6 is 11.6 Å². The van der Waals surface area contributed by atoms with E-state index in [1.807, 2.05) is 0 Å². The van der Waals surface area contributed by atoms with Gasteiger partial charge in [0.2, 0.25) is 5.91 Å². The summed E-state index contributed by atoms with van der Waals surface area (Å²) < 4.78 is 0. The molecule has 5 nitrogen and oxygen atoms in total. The normalized spacial score (nSPS) is 37.1. The van der Waals surface area contributed by atoms with E-state index in [4.69, 9.17) is 11.6 Å². The third-order valence-electron chi connectivity index (χ3n) is 5.29. The van der Waals surface area contributed by atoms with E-state index in [1.54, 1.807) is 0 Å². The SMILES string of the molecule is O=C(NC1CCCNC1)C1CNN(CC2CCCCC2Cl)C1. The van der Waals surface area contributed by atoms with E-state index in [1.165, 1.54) is 19.3 Å². The van der Waals surface area contributed by atoms with E-state index in [9.17, 15) is 4.79 Å². The Morgan fingerprint density at radius 2 is 2.05 bits per heavy atom. The lowest BCUT2D eigenvalue weighted by Crippen LogP contribution is -2.48. The van der Waals surface area contributed by atoms with Gasteiger partial charge in [0.1, 0.15) is 0 Å². The van der Waals surface area contributed by atoms with Gasteiger partial charge in [-0.3, -0.25) is 10.2 Å². The Kier molecular flexibility index (Phi) is 5.96. The zero-order valence-electron chi connectivity index (χ0n) is 13.3. The molecule has 2 heterocycles. The Hall–Kier alpha value is -0.360. The van der Waals surface area contributed by atoms with Crippen molar-refractivity contribution in [3.63, 3.8) is 0 Å². The Labute approximate surface area is 138 Å². The highest BCUT2D eigenvalue weighted by Crippen LogP contribution is 2.29. The summed E-state index contributed by atoms with van der Waals surface area (Å²) in [5.74, 6) is 0.835. The van der Waals surface area contributed by atoms with E-state index in [-0.39, 0.29) is 11.8 Å². The summed E-state index contributed by atoms with van der Waals surface area (Å²) in [6.07, 6.45) is 7.16. The van der Waals surface area contributed by atoms with Crippen molar-refractivity contribution in [2.75, 3.05) is 32.7 Å². The van der Waals surface area contributed by atoms with Gasteiger partial charge in [0.25, 0.3) is 0 Å². The first-order valence-electron chi connectivity index (χ1n) is 8.86. The van der Waals surface area contributed by atoms with Crippen LogP contribution in [0.15, 0.2) is 0 Å². The zero-order valence-corrected chi connectivity index (χ0v) is 14.1. The molecule has 0 radical (unpaired) electrons. The van der Waals surface area contributed by atoms with Gasteiger partial charge in [-0.05, 0) is 38.1 Å². The number of nitrogens with zero attached hydrogens (tertiary/aromatic N) is 1. The molecule has 3 fully saturated rings. The van der Waals surface area contributed by atoms with E-state index in [0.717, 1.165) is 52.0 Å². The first-order chi connectivity index (χ1) is 10.7. The molecule has 3 N–H and O–H groups in total. The quantitative estimate of drug-likeness (QED) is 0.676. The Bertz CT molecular complexity index is 375. The summed E-state index contributed by atoms with van der Waals surface area (Å²) in [4.78, 5) is 12.4. The number of piperidine rings is 1. The summed E-state index contributed by atoms with van der Waals surface area (Å²) >= 11 is 6.45. The zero-order chi connectivity index (χ0) is 15.4. The molecule has 22 heavy (non-hydrogen) atoms. The first kappa shape index (κ1) is 16.5. The lowest BCUT2D eigenvalue weighted by molar-refractivity contribution is -0.125. The molecule has 0 bridgehead atoms. The molecule has 3 aliphatic rings. The highest BCUT2D eigenvalue weighted by molar-refractivity contribution is 6.20. The van der Waals surface area contributed by atoms with Crippen molar-refractivity contribution in [2.45, 2.75) is 49.9 Å². The molecule has 0 aromatic heterocycles. The maximum absolute atomic E-state index is 12.4. The van der Waals surface area contributed by atoms with Crippen LogP contribution < -0.4 is 16.1 Å². The van der Waals surface area contributed by atoms with Crippen molar-refractivity contribution in [1.82, 2.24) is 21.1 Å². The molecule has 2 saturated heterocycles. The summed E-state index contributed by atoms with van der Waals surface area (Å²) in [5, 5.41) is 9.06. The molecule has 4 unspecified atom stereocenters. The summed E-state index contributed by atoms with van der Waals surface area (Å²) in [5.41, 5.74) is 3.39. The standard InChI is InChI=1S/C16H29ClN4O/c17-15-6-2-1-4-12(15)10-21-11-13(8-19-21)16(22)20-14-5-3-7-18-9-14/h12-15,18-19H,1-11H2,(H,20,22). The fourth-order valence-electron chi connectivity index (χ4n) is 3.89. The van der Waals surface area contributed by atoms with Crippen molar-refractivity contribution in [1.29, 1.82) is 0 Å². The van der Waals surface area contributed by atoms with Gasteiger partial charge in [0.05, 0.1) is 5.92 Å². The van der Waals surface area contributed by atoms with Crippen molar-refractivity contribution >= 4 is 17.5 Å². The van der Waals surface area contributed by atoms with Gasteiger partial charge in [0, 0.05) is 37.6 Å². The number of hydrogen-bond acceptors (Lipinski definition) is 4. The average Bonchev–Trinajstić information content (AvgIpc) is 2.99. The van der Waals surface area contributed by atoms with Crippen LogP contribution in [0.5, 0.6) is 0 Å². The molecule has 0 spiro atoms. The van der Waals surface area contributed by atoms with Crippen LogP contribution in [0.3, 0.4) is 0 Å². The fraction of sp³-hybridized carbons (Fsp3) is 0.938. The number of nitrogens with one attached hydrogen (secondary N) is 3. The maximum atomic E-state index is 12.4. The molecular weight excluding hydrogens is 300 g/mol. The Balaban J connectivity index is 1.42. The molecule has 0 aromatic rings. The second-order valence-electron chi connectivity index (χ2n) is 7.08. The van der Waals surface area contributed by atoms with Crippen molar-refractivity contribution in [3.8, 4) is 0 Å².